The standard InChI is InChI=1S/C21H19N3/c1-14(22-2)20-21(24-19-10-6-5-9-18(19)23-20)17-12-11-15-7-3-4-8-16(15)13-17/h3-14,22H,1-2H3. The summed E-state index contributed by atoms with van der Waals surface area (Å²) in [5, 5.41) is 5.74. The zero-order valence-electron chi connectivity index (χ0n) is 13.8. The van der Waals surface area contributed by atoms with Crippen LogP contribution in [0.2, 0.25) is 0 Å². The molecule has 1 atom stereocenters. The summed E-state index contributed by atoms with van der Waals surface area (Å²) in [5.41, 5.74) is 4.88. The third-order valence-electron chi connectivity index (χ3n) is 4.46. The molecule has 0 radical (unpaired) electrons. The molecule has 0 spiro atoms. The summed E-state index contributed by atoms with van der Waals surface area (Å²) in [6, 6.07) is 23.0. The summed E-state index contributed by atoms with van der Waals surface area (Å²) in [4.78, 5) is 9.80. The zero-order valence-corrected chi connectivity index (χ0v) is 13.8. The first-order valence-electron chi connectivity index (χ1n) is 8.19. The van der Waals surface area contributed by atoms with E-state index in [1.165, 1.54) is 10.8 Å². The van der Waals surface area contributed by atoms with Crippen molar-refractivity contribution in [2.45, 2.75) is 13.0 Å². The zero-order chi connectivity index (χ0) is 16.5. The van der Waals surface area contributed by atoms with Crippen LogP contribution in [0.15, 0.2) is 66.7 Å². The van der Waals surface area contributed by atoms with Crippen LogP contribution in [-0.4, -0.2) is 17.0 Å². The maximum absolute atomic E-state index is 4.92. The molecule has 3 aromatic carbocycles. The van der Waals surface area contributed by atoms with Gasteiger partial charge in [-0.1, -0.05) is 48.5 Å². The van der Waals surface area contributed by atoms with Crippen molar-refractivity contribution in [1.29, 1.82) is 0 Å². The summed E-state index contributed by atoms with van der Waals surface area (Å²) in [7, 11) is 1.95. The Labute approximate surface area is 141 Å². The van der Waals surface area contributed by atoms with Gasteiger partial charge in [0.1, 0.15) is 0 Å². The minimum atomic E-state index is 0.128. The lowest BCUT2D eigenvalue weighted by Gasteiger charge is -2.15. The molecule has 24 heavy (non-hydrogen) atoms. The van der Waals surface area contributed by atoms with Gasteiger partial charge in [0.2, 0.25) is 0 Å². The predicted molar refractivity (Wildman–Crippen MR) is 100.0 cm³/mol. The van der Waals surface area contributed by atoms with E-state index in [1.54, 1.807) is 0 Å². The molecule has 0 aliphatic carbocycles. The molecule has 118 valence electrons. The predicted octanol–water partition coefficient (Wildman–Crippen LogP) is 4.73. The van der Waals surface area contributed by atoms with E-state index in [2.05, 4.69) is 54.7 Å². The van der Waals surface area contributed by atoms with Crippen LogP contribution in [0.4, 0.5) is 0 Å². The molecule has 0 fully saturated rings. The maximum Gasteiger partial charge on any atom is 0.0941 e. The van der Waals surface area contributed by atoms with E-state index in [0.717, 1.165) is 28.0 Å². The number of nitrogens with one attached hydrogen (secondary N) is 1. The van der Waals surface area contributed by atoms with Crippen molar-refractivity contribution in [1.82, 2.24) is 15.3 Å². The Morgan fingerprint density at radius 2 is 1.46 bits per heavy atom. The number of hydrogen-bond acceptors (Lipinski definition) is 3. The minimum Gasteiger partial charge on any atom is -0.312 e. The molecule has 0 saturated carbocycles. The van der Waals surface area contributed by atoms with Crippen molar-refractivity contribution < 1.29 is 0 Å². The smallest absolute Gasteiger partial charge is 0.0941 e. The highest BCUT2D eigenvalue weighted by Crippen LogP contribution is 2.29. The van der Waals surface area contributed by atoms with Gasteiger partial charge >= 0.3 is 0 Å². The third-order valence-corrected chi connectivity index (χ3v) is 4.46. The van der Waals surface area contributed by atoms with Crippen molar-refractivity contribution in [2.75, 3.05) is 7.05 Å². The Hall–Kier alpha value is -2.78. The molecule has 3 nitrogen and oxygen atoms in total. The quantitative estimate of drug-likeness (QED) is 0.594. The van der Waals surface area contributed by atoms with Gasteiger partial charge in [-0.15, -0.1) is 0 Å². The van der Waals surface area contributed by atoms with E-state index >= 15 is 0 Å². The van der Waals surface area contributed by atoms with E-state index in [4.69, 9.17) is 9.97 Å². The molecule has 3 heteroatoms. The summed E-state index contributed by atoms with van der Waals surface area (Å²) in [6.07, 6.45) is 0. The van der Waals surface area contributed by atoms with Crippen LogP contribution in [0.1, 0.15) is 18.7 Å². The highest BCUT2D eigenvalue weighted by Gasteiger charge is 2.16. The molecule has 0 aliphatic heterocycles. The maximum atomic E-state index is 4.92. The first-order chi connectivity index (χ1) is 11.8. The summed E-state index contributed by atoms with van der Waals surface area (Å²) < 4.78 is 0. The first-order valence-corrected chi connectivity index (χ1v) is 8.19. The van der Waals surface area contributed by atoms with Gasteiger partial charge in [0, 0.05) is 11.6 Å². The molecule has 1 unspecified atom stereocenters. The largest absolute Gasteiger partial charge is 0.312 e. The third kappa shape index (κ3) is 2.53. The van der Waals surface area contributed by atoms with Crippen molar-refractivity contribution in [3.8, 4) is 11.3 Å². The van der Waals surface area contributed by atoms with Crippen LogP contribution in [0.5, 0.6) is 0 Å². The van der Waals surface area contributed by atoms with E-state index in [-0.39, 0.29) is 6.04 Å². The summed E-state index contributed by atoms with van der Waals surface area (Å²) in [5.74, 6) is 0. The van der Waals surface area contributed by atoms with Crippen LogP contribution in [0, 0.1) is 0 Å². The van der Waals surface area contributed by atoms with Gasteiger partial charge in [0.05, 0.1) is 22.4 Å². The van der Waals surface area contributed by atoms with Gasteiger partial charge in [0.15, 0.2) is 0 Å². The van der Waals surface area contributed by atoms with E-state index in [0.29, 0.717) is 0 Å². The SMILES string of the molecule is CNC(C)c1nc2ccccc2nc1-c1ccc2ccccc2c1. The monoisotopic (exact) mass is 313 g/mol. The molecule has 0 bridgehead atoms. The van der Waals surface area contributed by atoms with Crippen LogP contribution in [-0.2, 0) is 0 Å². The second-order valence-corrected chi connectivity index (χ2v) is 6.02. The molecule has 1 heterocycles. The van der Waals surface area contributed by atoms with Gasteiger partial charge in [-0.05, 0) is 42.9 Å². The Morgan fingerprint density at radius 1 is 0.792 bits per heavy atom. The average Bonchev–Trinajstić information content (AvgIpc) is 2.66. The summed E-state index contributed by atoms with van der Waals surface area (Å²) in [6.45, 7) is 2.11. The van der Waals surface area contributed by atoms with Crippen molar-refractivity contribution in [3.63, 3.8) is 0 Å². The highest BCUT2D eigenvalue weighted by atomic mass is 14.9. The molecule has 0 saturated heterocycles. The molecular weight excluding hydrogens is 294 g/mol. The van der Waals surface area contributed by atoms with Crippen molar-refractivity contribution >= 4 is 21.8 Å². The van der Waals surface area contributed by atoms with E-state index < -0.39 is 0 Å². The Bertz CT molecular complexity index is 1020. The first kappa shape index (κ1) is 14.8. The van der Waals surface area contributed by atoms with Crippen molar-refractivity contribution in [2.24, 2.45) is 0 Å². The van der Waals surface area contributed by atoms with Gasteiger partial charge in [0.25, 0.3) is 0 Å². The van der Waals surface area contributed by atoms with Gasteiger partial charge in [-0.3, -0.25) is 0 Å². The number of fused-ring (bicyclic) bond motifs is 2. The highest BCUT2D eigenvalue weighted by molar-refractivity contribution is 5.88. The lowest BCUT2D eigenvalue weighted by molar-refractivity contribution is 0.635. The second-order valence-electron chi connectivity index (χ2n) is 6.02. The van der Waals surface area contributed by atoms with Gasteiger partial charge in [-0.25, -0.2) is 9.97 Å². The topological polar surface area (TPSA) is 37.8 Å². The fourth-order valence-corrected chi connectivity index (χ4v) is 3.00. The van der Waals surface area contributed by atoms with Gasteiger partial charge in [-0.2, -0.15) is 0 Å². The summed E-state index contributed by atoms with van der Waals surface area (Å²) >= 11 is 0. The minimum absolute atomic E-state index is 0.128. The van der Waals surface area contributed by atoms with E-state index in [9.17, 15) is 0 Å². The molecule has 1 aromatic heterocycles. The molecule has 0 aliphatic rings. The normalized spacial score (nSPS) is 12.6. The number of hydrogen-bond donors (Lipinski definition) is 1. The molecule has 0 amide bonds. The molecule has 4 aromatic rings. The lowest BCUT2D eigenvalue weighted by atomic mass is 10.0. The van der Waals surface area contributed by atoms with Gasteiger partial charge < -0.3 is 5.32 Å². The van der Waals surface area contributed by atoms with E-state index in [1.807, 2.05) is 31.3 Å². The fourth-order valence-electron chi connectivity index (χ4n) is 3.00. The second kappa shape index (κ2) is 6.02. The number of rotatable bonds is 3. The Balaban J connectivity index is 1.98. The van der Waals surface area contributed by atoms with Crippen LogP contribution in [0.3, 0.4) is 0 Å². The molecular formula is C21H19N3. The van der Waals surface area contributed by atoms with Crippen LogP contribution < -0.4 is 5.32 Å². The fraction of sp³-hybridized carbons (Fsp3) is 0.143. The number of para-hydroxylation sites is 2. The lowest BCUT2D eigenvalue weighted by Crippen LogP contribution is -2.16. The number of nitrogens with zero attached hydrogens (tertiary/aromatic N) is 2. The Kier molecular flexibility index (Phi) is 3.71. The number of aromatic nitrogens is 2. The van der Waals surface area contributed by atoms with Crippen LogP contribution >= 0.6 is 0 Å². The van der Waals surface area contributed by atoms with Crippen LogP contribution in [0.25, 0.3) is 33.1 Å². The average molecular weight is 313 g/mol. The molecule has 1 N–H and O–H groups in total. The van der Waals surface area contributed by atoms with Crippen molar-refractivity contribution in [3.05, 3.63) is 72.4 Å². The number of benzene rings is 3. The molecule has 4 rings (SSSR count). The Morgan fingerprint density at radius 3 is 2.21 bits per heavy atom.